The van der Waals surface area contributed by atoms with Crippen LogP contribution in [0.2, 0.25) is 0 Å². The van der Waals surface area contributed by atoms with Crippen LogP contribution < -0.4 is 11.1 Å². The van der Waals surface area contributed by atoms with Crippen LogP contribution in [0, 0.1) is 0 Å². The molecule has 0 radical (unpaired) electrons. The molecule has 2 rings (SSSR count). The van der Waals surface area contributed by atoms with Crippen LogP contribution in [0.25, 0.3) is 0 Å². The molecule has 0 fully saturated rings. The Morgan fingerprint density at radius 1 is 1.44 bits per heavy atom. The zero-order valence-corrected chi connectivity index (χ0v) is 9.92. The van der Waals surface area contributed by atoms with Crippen molar-refractivity contribution in [2.24, 2.45) is 0 Å². The summed E-state index contributed by atoms with van der Waals surface area (Å²) in [5.74, 6) is 2.07. The molecule has 2 heterocycles. The Bertz CT molecular complexity index is 453. The summed E-state index contributed by atoms with van der Waals surface area (Å²) in [4.78, 5) is 8.48. The van der Waals surface area contributed by atoms with Gasteiger partial charge >= 0.3 is 0 Å². The van der Waals surface area contributed by atoms with Gasteiger partial charge in [-0.1, -0.05) is 6.92 Å². The van der Waals surface area contributed by atoms with Gasteiger partial charge in [-0.2, -0.15) is 11.3 Å². The van der Waals surface area contributed by atoms with Crippen molar-refractivity contribution in [1.82, 2.24) is 9.97 Å². The van der Waals surface area contributed by atoms with Gasteiger partial charge in [0.2, 0.25) is 0 Å². The Morgan fingerprint density at radius 2 is 2.31 bits per heavy atom. The van der Waals surface area contributed by atoms with E-state index in [-0.39, 0.29) is 0 Å². The summed E-state index contributed by atoms with van der Waals surface area (Å²) in [6.45, 7) is 2.78. The van der Waals surface area contributed by atoms with E-state index in [1.165, 1.54) is 5.56 Å². The molecule has 3 N–H and O–H groups in total. The van der Waals surface area contributed by atoms with E-state index in [1.807, 2.05) is 6.92 Å². The zero-order chi connectivity index (χ0) is 11.4. The topological polar surface area (TPSA) is 63.8 Å². The molecule has 2 aromatic rings. The molecule has 0 saturated heterocycles. The summed E-state index contributed by atoms with van der Waals surface area (Å²) in [7, 11) is 0. The lowest BCUT2D eigenvalue weighted by atomic mass is 10.3. The lowest BCUT2D eigenvalue weighted by Crippen LogP contribution is -2.05. The first-order valence-electron chi connectivity index (χ1n) is 5.16. The number of anilines is 2. The fourth-order valence-electron chi connectivity index (χ4n) is 1.35. The zero-order valence-electron chi connectivity index (χ0n) is 9.10. The fraction of sp³-hybridized carbons (Fsp3) is 0.273. The first-order chi connectivity index (χ1) is 7.78. The Labute approximate surface area is 98.6 Å². The maximum Gasteiger partial charge on any atom is 0.132 e. The molecular weight excluding hydrogens is 220 g/mol. The molecule has 0 saturated carbocycles. The summed E-state index contributed by atoms with van der Waals surface area (Å²) in [5, 5.41) is 7.41. The van der Waals surface area contributed by atoms with Gasteiger partial charge in [0.05, 0.1) is 0 Å². The van der Waals surface area contributed by atoms with Crippen molar-refractivity contribution < 1.29 is 0 Å². The van der Waals surface area contributed by atoms with E-state index < -0.39 is 0 Å². The van der Waals surface area contributed by atoms with Crippen LogP contribution in [-0.4, -0.2) is 9.97 Å². The average molecular weight is 234 g/mol. The minimum Gasteiger partial charge on any atom is -0.384 e. The van der Waals surface area contributed by atoms with Gasteiger partial charge in [-0.05, 0) is 22.4 Å². The van der Waals surface area contributed by atoms with Crippen molar-refractivity contribution in [2.45, 2.75) is 19.9 Å². The van der Waals surface area contributed by atoms with Crippen LogP contribution in [0.3, 0.4) is 0 Å². The molecule has 0 atom stereocenters. The summed E-state index contributed by atoms with van der Waals surface area (Å²) in [6.07, 6.45) is 0.790. The number of nitrogens with zero attached hydrogens (tertiary/aromatic N) is 2. The third kappa shape index (κ3) is 2.70. The predicted molar refractivity (Wildman–Crippen MR) is 67.5 cm³/mol. The minimum absolute atomic E-state index is 0.514. The van der Waals surface area contributed by atoms with Gasteiger partial charge in [-0.3, -0.25) is 0 Å². The summed E-state index contributed by atoms with van der Waals surface area (Å²) in [5.41, 5.74) is 6.95. The molecule has 16 heavy (non-hydrogen) atoms. The first-order valence-corrected chi connectivity index (χ1v) is 6.10. The normalized spacial score (nSPS) is 10.3. The number of aryl methyl sites for hydroxylation is 1. The van der Waals surface area contributed by atoms with E-state index >= 15 is 0 Å². The van der Waals surface area contributed by atoms with Crippen molar-refractivity contribution in [3.8, 4) is 0 Å². The van der Waals surface area contributed by atoms with Gasteiger partial charge < -0.3 is 11.1 Å². The Balaban J connectivity index is 2.06. The monoisotopic (exact) mass is 234 g/mol. The van der Waals surface area contributed by atoms with Gasteiger partial charge in [0.25, 0.3) is 0 Å². The summed E-state index contributed by atoms with van der Waals surface area (Å²) in [6, 6.07) is 3.84. The van der Waals surface area contributed by atoms with Gasteiger partial charge in [0, 0.05) is 19.0 Å². The van der Waals surface area contributed by atoms with Crippen LogP contribution in [0.5, 0.6) is 0 Å². The standard InChI is InChI=1S/C11H14N4S/c1-2-10-14-9(12)5-11(15-10)13-6-8-3-4-16-7-8/h3-5,7H,2,6H2,1H3,(H3,12,13,14,15). The van der Waals surface area contributed by atoms with Crippen LogP contribution in [0.15, 0.2) is 22.9 Å². The van der Waals surface area contributed by atoms with Crippen molar-refractivity contribution in [3.63, 3.8) is 0 Å². The number of aromatic nitrogens is 2. The predicted octanol–water partition coefficient (Wildman–Crippen LogP) is 2.29. The number of nitrogen functional groups attached to an aromatic ring is 1. The van der Waals surface area contributed by atoms with E-state index in [2.05, 4.69) is 32.1 Å². The van der Waals surface area contributed by atoms with Gasteiger partial charge in [0.1, 0.15) is 17.5 Å². The number of nitrogens with two attached hydrogens (primary N) is 1. The number of hydrogen-bond acceptors (Lipinski definition) is 5. The number of thiophene rings is 1. The van der Waals surface area contributed by atoms with E-state index in [4.69, 9.17) is 5.73 Å². The summed E-state index contributed by atoms with van der Waals surface area (Å²) >= 11 is 1.69. The molecule has 0 spiro atoms. The van der Waals surface area contributed by atoms with Crippen LogP contribution >= 0.6 is 11.3 Å². The molecule has 0 aliphatic heterocycles. The van der Waals surface area contributed by atoms with E-state index in [0.29, 0.717) is 5.82 Å². The molecule has 0 bridgehead atoms. The van der Waals surface area contributed by atoms with Gasteiger partial charge in [0.15, 0.2) is 0 Å². The van der Waals surface area contributed by atoms with Crippen molar-refractivity contribution >= 4 is 23.0 Å². The van der Waals surface area contributed by atoms with Gasteiger partial charge in [-0.15, -0.1) is 0 Å². The van der Waals surface area contributed by atoms with E-state index in [0.717, 1.165) is 24.6 Å². The molecular formula is C11H14N4S. The second-order valence-electron chi connectivity index (χ2n) is 3.43. The van der Waals surface area contributed by atoms with E-state index in [1.54, 1.807) is 17.4 Å². The van der Waals surface area contributed by atoms with Crippen molar-refractivity contribution in [1.29, 1.82) is 0 Å². The first kappa shape index (κ1) is 10.9. The second-order valence-corrected chi connectivity index (χ2v) is 4.21. The van der Waals surface area contributed by atoms with Crippen LogP contribution in [0.4, 0.5) is 11.6 Å². The molecule has 0 aliphatic carbocycles. The quantitative estimate of drug-likeness (QED) is 0.852. The Hall–Kier alpha value is -1.62. The highest BCUT2D eigenvalue weighted by Crippen LogP contribution is 2.12. The number of nitrogens with one attached hydrogen (secondary N) is 1. The Kier molecular flexibility index (Phi) is 3.36. The highest BCUT2D eigenvalue weighted by atomic mass is 32.1. The highest BCUT2D eigenvalue weighted by molar-refractivity contribution is 7.07. The van der Waals surface area contributed by atoms with Crippen molar-refractivity contribution in [2.75, 3.05) is 11.1 Å². The molecule has 0 aromatic carbocycles. The average Bonchev–Trinajstić information content (AvgIpc) is 2.78. The molecule has 0 unspecified atom stereocenters. The maximum absolute atomic E-state index is 5.69. The third-order valence-corrected chi connectivity index (χ3v) is 2.89. The van der Waals surface area contributed by atoms with Crippen LogP contribution in [0.1, 0.15) is 18.3 Å². The molecule has 5 heteroatoms. The largest absolute Gasteiger partial charge is 0.384 e. The lowest BCUT2D eigenvalue weighted by Gasteiger charge is -2.06. The number of rotatable bonds is 4. The second kappa shape index (κ2) is 4.94. The fourth-order valence-corrected chi connectivity index (χ4v) is 2.02. The minimum atomic E-state index is 0.514. The van der Waals surface area contributed by atoms with E-state index in [9.17, 15) is 0 Å². The highest BCUT2D eigenvalue weighted by Gasteiger charge is 2.01. The van der Waals surface area contributed by atoms with Gasteiger partial charge in [-0.25, -0.2) is 9.97 Å². The lowest BCUT2D eigenvalue weighted by molar-refractivity contribution is 0.938. The van der Waals surface area contributed by atoms with Crippen LogP contribution in [-0.2, 0) is 13.0 Å². The molecule has 0 amide bonds. The maximum atomic E-state index is 5.69. The Morgan fingerprint density at radius 3 is 3.00 bits per heavy atom. The van der Waals surface area contributed by atoms with Crippen molar-refractivity contribution in [3.05, 3.63) is 34.3 Å². The molecule has 4 nitrogen and oxygen atoms in total. The molecule has 2 aromatic heterocycles. The third-order valence-electron chi connectivity index (χ3n) is 2.16. The summed E-state index contributed by atoms with van der Waals surface area (Å²) < 4.78 is 0. The smallest absolute Gasteiger partial charge is 0.132 e. The molecule has 0 aliphatic rings. The SMILES string of the molecule is CCc1nc(N)cc(NCc2ccsc2)n1. The number of hydrogen-bond donors (Lipinski definition) is 2. The molecule has 84 valence electrons.